The van der Waals surface area contributed by atoms with E-state index in [0.29, 0.717) is 16.3 Å². The van der Waals surface area contributed by atoms with Gasteiger partial charge in [-0.3, -0.25) is 9.78 Å². The molecule has 1 amide bonds. The van der Waals surface area contributed by atoms with Crippen LogP contribution in [0.25, 0.3) is 0 Å². The first-order valence-corrected chi connectivity index (χ1v) is 8.25. The van der Waals surface area contributed by atoms with E-state index >= 15 is 0 Å². The third-order valence-electron chi connectivity index (χ3n) is 3.88. The van der Waals surface area contributed by atoms with E-state index in [1.165, 1.54) is 17.3 Å². The van der Waals surface area contributed by atoms with Crippen molar-refractivity contribution >= 4 is 34.6 Å². The van der Waals surface area contributed by atoms with Gasteiger partial charge in [-0.15, -0.1) is 0 Å². The second-order valence-corrected chi connectivity index (χ2v) is 6.29. The Morgan fingerprint density at radius 1 is 0.920 bits per heavy atom. The van der Waals surface area contributed by atoms with Crippen LogP contribution >= 0.6 is 11.6 Å². The Bertz CT molecular complexity index is 924. The molecule has 0 unspecified atom stereocenters. The molecule has 0 fully saturated rings. The summed E-state index contributed by atoms with van der Waals surface area (Å²) in [5.41, 5.74) is 5.25. The van der Waals surface area contributed by atoms with Gasteiger partial charge in [-0.05, 0) is 61.4 Å². The molecule has 0 saturated carbocycles. The summed E-state index contributed by atoms with van der Waals surface area (Å²) >= 11 is 5.94. The summed E-state index contributed by atoms with van der Waals surface area (Å²) in [6.07, 6.45) is 3.22. The monoisotopic (exact) mass is 351 g/mol. The highest BCUT2D eigenvalue weighted by Crippen LogP contribution is 2.21. The summed E-state index contributed by atoms with van der Waals surface area (Å²) in [5.74, 6) is -0.237. The summed E-state index contributed by atoms with van der Waals surface area (Å²) in [7, 11) is 0. The lowest BCUT2D eigenvalue weighted by Gasteiger charge is -2.10. The first-order chi connectivity index (χ1) is 12.0. The first kappa shape index (κ1) is 17.0. The van der Waals surface area contributed by atoms with Crippen LogP contribution in [0, 0.1) is 13.8 Å². The third kappa shape index (κ3) is 4.37. The molecule has 2 aromatic carbocycles. The zero-order chi connectivity index (χ0) is 17.8. The average Bonchev–Trinajstić information content (AvgIpc) is 2.58. The minimum Gasteiger partial charge on any atom is -0.354 e. The second kappa shape index (κ2) is 7.36. The molecule has 3 aromatic rings. The van der Waals surface area contributed by atoms with Gasteiger partial charge in [-0.1, -0.05) is 23.7 Å². The molecule has 0 aliphatic rings. The number of carbonyl (C=O) groups excluding carboxylic acids is 1. The van der Waals surface area contributed by atoms with Crippen LogP contribution in [-0.2, 0) is 0 Å². The van der Waals surface area contributed by atoms with E-state index in [9.17, 15) is 4.79 Å². The van der Waals surface area contributed by atoms with Crippen LogP contribution in [0.15, 0.2) is 60.9 Å². The van der Waals surface area contributed by atoms with E-state index in [4.69, 9.17) is 11.6 Å². The number of nitrogens with one attached hydrogen (secondary N) is 2. The number of carbonyl (C=O) groups is 1. The van der Waals surface area contributed by atoms with Crippen LogP contribution in [0.5, 0.6) is 0 Å². The highest BCUT2D eigenvalue weighted by atomic mass is 35.5. The maximum atomic E-state index is 12.4. The van der Waals surface area contributed by atoms with Gasteiger partial charge in [-0.2, -0.15) is 0 Å². The normalized spacial score (nSPS) is 10.4. The molecule has 0 aliphatic carbocycles. The summed E-state index contributed by atoms with van der Waals surface area (Å²) < 4.78 is 0. The van der Waals surface area contributed by atoms with Crippen LogP contribution in [0.3, 0.4) is 0 Å². The number of pyridine rings is 1. The fraction of sp³-hybridized carbons (Fsp3) is 0.100. The van der Waals surface area contributed by atoms with Crippen molar-refractivity contribution in [3.05, 3.63) is 82.6 Å². The van der Waals surface area contributed by atoms with Gasteiger partial charge >= 0.3 is 0 Å². The van der Waals surface area contributed by atoms with E-state index < -0.39 is 0 Å². The Kier molecular flexibility index (Phi) is 5.00. The molecule has 0 spiro atoms. The summed E-state index contributed by atoms with van der Waals surface area (Å²) in [6.45, 7) is 4.13. The third-order valence-corrected chi connectivity index (χ3v) is 4.11. The largest absolute Gasteiger partial charge is 0.354 e. The quantitative estimate of drug-likeness (QED) is 0.666. The van der Waals surface area contributed by atoms with Gasteiger partial charge in [0, 0.05) is 22.6 Å². The minimum absolute atomic E-state index is 0.237. The Morgan fingerprint density at radius 3 is 2.52 bits per heavy atom. The minimum atomic E-state index is -0.237. The number of halogens is 1. The lowest BCUT2D eigenvalue weighted by atomic mass is 10.1. The van der Waals surface area contributed by atoms with Crippen molar-refractivity contribution in [3.63, 3.8) is 0 Å². The number of hydrogen-bond acceptors (Lipinski definition) is 3. The number of benzene rings is 2. The van der Waals surface area contributed by atoms with Crippen LogP contribution in [0.4, 0.5) is 17.1 Å². The molecule has 0 saturated heterocycles. The Hall–Kier alpha value is -2.85. The molecule has 25 heavy (non-hydrogen) atoms. The van der Waals surface area contributed by atoms with Crippen molar-refractivity contribution in [1.29, 1.82) is 0 Å². The molecule has 0 atom stereocenters. The topological polar surface area (TPSA) is 54.0 Å². The number of anilines is 3. The number of amides is 1. The summed E-state index contributed by atoms with van der Waals surface area (Å²) in [4.78, 5) is 16.6. The van der Waals surface area contributed by atoms with Crippen LogP contribution in [0.2, 0.25) is 5.02 Å². The zero-order valence-electron chi connectivity index (χ0n) is 14.0. The van der Waals surface area contributed by atoms with Gasteiger partial charge in [0.25, 0.3) is 5.91 Å². The van der Waals surface area contributed by atoms with E-state index in [1.54, 1.807) is 36.5 Å². The number of nitrogens with zero attached hydrogens (tertiary/aromatic N) is 1. The molecule has 1 heterocycles. The molecule has 0 bridgehead atoms. The van der Waals surface area contributed by atoms with Crippen molar-refractivity contribution in [2.45, 2.75) is 13.8 Å². The van der Waals surface area contributed by atoms with Crippen molar-refractivity contribution in [2.75, 3.05) is 10.6 Å². The number of rotatable bonds is 4. The SMILES string of the molecule is Cc1ccc(Nc2cncc(C(=O)Nc3cccc(Cl)c3)c2)cc1C. The van der Waals surface area contributed by atoms with Crippen LogP contribution < -0.4 is 10.6 Å². The summed E-state index contributed by atoms with van der Waals surface area (Å²) in [6, 6.07) is 14.9. The van der Waals surface area contributed by atoms with Gasteiger partial charge in [0.2, 0.25) is 0 Å². The molecule has 0 radical (unpaired) electrons. The Morgan fingerprint density at radius 2 is 1.76 bits per heavy atom. The predicted octanol–water partition coefficient (Wildman–Crippen LogP) is 5.35. The van der Waals surface area contributed by atoms with Gasteiger partial charge in [-0.25, -0.2) is 0 Å². The molecular weight excluding hydrogens is 334 g/mol. The maximum Gasteiger partial charge on any atom is 0.257 e. The number of aryl methyl sites for hydroxylation is 2. The molecule has 1 aromatic heterocycles. The summed E-state index contributed by atoms with van der Waals surface area (Å²) in [5, 5.41) is 6.66. The average molecular weight is 352 g/mol. The molecule has 5 heteroatoms. The van der Waals surface area contributed by atoms with Crippen molar-refractivity contribution in [2.24, 2.45) is 0 Å². The number of aromatic nitrogens is 1. The molecule has 3 rings (SSSR count). The molecule has 126 valence electrons. The number of hydrogen-bond donors (Lipinski definition) is 2. The first-order valence-electron chi connectivity index (χ1n) is 7.87. The standard InChI is InChI=1S/C20H18ClN3O/c1-13-6-7-18(8-14(13)2)23-19-9-15(11-22-12-19)20(25)24-17-5-3-4-16(21)10-17/h3-12,23H,1-2H3,(H,24,25). The van der Waals surface area contributed by atoms with E-state index in [2.05, 4.69) is 41.6 Å². The lowest BCUT2D eigenvalue weighted by molar-refractivity contribution is 0.102. The van der Waals surface area contributed by atoms with Crippen molar-refractivity contribution in [1.82, 2.24) is 4.98 Å². The van der Waals surface area contributed by atoms with Crippen LogP contribution in [-0.4, -0.2) is 10.9 Å². The Balaban J connectivity index is 1.76. The van der Waals surface area contributed by atoms with Crippen molar-refractivity contribution < 1.29 is 4.79 Å². The van der Waals surface area contributed by atoms with Crippen LogP contribution in [0.1, 0.15) is 21.5 Å². The smallest absolute Gasteiger partial charge is 0.257 e. The van der Waals surface area contributed by atoms with E-state index in [1.807, 2.05) is 6.07 Å². The van der Waals surface area contributed by atoms with E-state index in [0.717, 1.165) is 11.4 Å². The fourth-order valence-electron chi connectivity index (χ4n) is 2.39. The zero-order valence-corrected chi connectivity index (χ0v) is 14.8. The maximum absolute atomic E-state index is 12.4. The Labute approximate surface area is 151 Å². The van der Waals surface area contributed by atoms with Gasteiger partial charge < -0.3 is 10.6 Å². The van der Waals surface area contributed by atoms with E-state index in [-0.39, 0.29) is 5.91 Å². The molecule has 2 N–H and O–H groups in total. The highest BCUT2D eigenvalue weighted by molar-refractivity contribution is 6.31. The van der Waals surface area contributed by atoms with Gasteiger partial charge in [0.1, 0.15) is 0 Å². The second-order valence-electron chi connectivity index (χ2n) is 5.85. The van der Waals surface area contributed by atoms with Gasteiger partial charge in [0.05, 0.1) is 17.4 Å². The molecule has 4 nitrogen and oxygen atoms in total. The predicted molar refractivity (Wildman–Crippen MR) is 103 cm³/mol. The van der Waals surface area contributed by atoms with Crippen molar-refractivity contribution in [3.8, 4) is 0 Å². The van der Waals surface area contributed by atoms with Gasteiger partial charge in [0.15, 0.2) is 0 Å². The molecule has 0 aliphatic heterocycles. The molecular formula is C20H18ClN3O. The lowest BCUT2D eigenvalue weighted by Crippen LogP contribution is -2.12. The fourth-order valence-corrected chi connectivity index (χ4v) is 2.58. The highest BCUT2D eigenvalue weighted by Gasteiger charge is 2.08.